The summed E-state index contributed by atoms with van der Waals surface area (Å²) in [5.41, 5.74) is -0.688. The smallest absolute Gasteiger partial charge is 0.416 e. The summed E-state index contributed by atoms with van der Waals surface area (Å²) in [6.07, 6.45) is -4.34. The van der Waals surface area contributed by atoms with E-state index >= 15 is 0 Å². The number of hydrogen-bond acceptors (Lipinski definition) is 2. The van der Waals surface area contributed by atoms with Crippen molar-refractivity contribution < 1.29 is 17.9 Å². The molecule has 0 radical (unpaired) electrons. The molecule has 0 aromatic heterocycles. The predicted molar refractivity (Wildman–Crippen MR) is 73.7 cm³/mol. The van der Waals surface area contributed by atoms with E-state index in [9.17, 15) is 13.2 Å². The Hall–Kier alpha value is -0.840. The van der Waals surface area contributed by atoms with Gasteiger partial charge in [-0.25, -0.2) is 0 Å². The number of ether oxygens (including phenoxy) is 1. The van der Waals surface area contributed by atoms with Crippen molar-refractivity contribution in [2.24, 2.45) is 11.3 Å². The monoisotopic (exact) mass is 292 g/mol. The maximum absolute atomic E-state index is 12.6. The minimum absolute atomic E-state index is 0.00336. The topological polar surface area (TPSA) is 9.23 Å². The highest BCUT2D eigenvalue weighted by molar-refractivity contribution is 7.80. The van der Waals surface area contributed by atoms with Crippen molar-refractivity contribution in [2.75, 3.05) is 12.4 Å². The highest BCUT2D eigenvalue weighted by Crippen LogP contribution is 2.32. The fourth-order valence-corrected chi connectivity index (χ4v) is 2.19. The van der Waals surface area contributed by atoms with Crippen LogP contribution in [0.4, 0.5) is 13.2 Å². The van der Waals surface area contributed by atoms with Crippen LogP contribution in [-0.2, 0) is 6.18 Å². The zero-order valence-electron chi connectivity index (χ0n) is 11.3. The van der Waals surface area contributed by atoms with Gasteiger partial charge < -0.3 is 4.74 Å². The molecule has 0 N–H and O–H groups in total. The highest BCUT2D eigenvalue weighted by atomic mass is 32.1. The van der Waals surface area contributed by atoms with E-state index in [0.29, 0.717) is 12.4 Å². The fraction of sp³-hybridized carbons (Fsp3) is 0.571. The lowest BCUT2D eigenvalue weighted by atomic mass is 9.82. The maximum Gasteiger partial charge on any atom is 0.416 e. The Morgan fingerprint density at radius 3 is 2.32 bits per heavy atom. The molecule has 1 rings (SSSR count). The first kappa shape index (κ1) is 16.2. The summed E-state index contributed by atoms with van der Waals surface area (Å²) in [5.74, 6) is 1.04. The van der Waals surface area contributed by atoms with Crippen LogP contribution in [-0.4, -0.2) is 12.4 Å². The minimum Gasteiger partial charge on any atom is -0.493 e. The van der Waals surface area contributed by atoms with Gasteiger partial charge in [-0.05, 0) is 29.4 Å². The molecule has 1 aromatic carbocycles. The van der Waals surface area contributed by atoms with Gasteiger partial charge in [0.25, 0.3) is 0 Å². The molecule has 1 atom stereocenters. The van der Waals surface area contributed by atoms with Crippen LogP contribution < -0.4 is 4.74 Å². The normalized spacial score (nSPS) is 14.3. The van der Waals surface area contributed by atoms with Crippen molar-refractivity contribution in [1.29, 1.82) is 0 Å². The second-order valence-corrected chi connectivity index (χ2v) is 5.95. The minimum atomic E-state index is -4.34. The molecule has 1 unspecified atom stereocenters. The molecule has 0 aliphatic carbocycles. The average Bonchev–Trinajstić information content (AvgIpc) is 2.27. The Balaban J connectivity index is 2.73. The zero-order valence-corrected chi connectivity index (χ0v) is 12.2. The molecule has 0 aliphatic heterocycles. The fourth-order valence-electron chi connectivity index (χ4n) is 1.54. The maximum atomic E-state index is 12.6. The van der Waals surface area contributed by atoms with E-state index in [4.69, 9.17) is 4.74 Å². The van der Waals surface area contributed by atoms with Gasteiger partial charge >= 0.3 is 6.18 Å². The molecule has 0 spiro atoms. The summed E-state index contributed by atoms with van der Waals surface area (Å²) in [5, 5.41) is 0. The van der Waals surface area contributed by atoms with E-state index in [2.05, 4.69) is 33.4 Å². The van der Waals surface area contributed by atoms with Crippen molar-refractivity contribution in [3.8, 4) is 5.75 Å². The Morgan fingerprint density at radius 1 is 1.21 bits per heavy atom. The van der Waals surface area contributed by atoms with E-state index < -0.39 is 11.7 Å². The van der Waals surface area contributed by atoms with Crippen LogP contribution in [0, 0.1) is 11.3 Å². The molecule has 0 heterocycles. The Labute approximate surface area is 117 Å². The molecule has 1 nitrogen and oxygen atoms in total. The quantitative estimate of drug-likeness (QED) is 0.793. The van der Waals surface area contributed by atoms with E-state index in [1.807, 2.05) is 0 Å². The first-order valence-electron chi connectivity index (χ1n) is 6.05. The van der Waals surface area contributed by atoms with Gasteiger partial charge in [0, 0.05) is 5.92 Å². The largest absolute Gasteiger partial charge is 0.493 e. The third-order valence-corrected chi connectivity index (χ3v) is 3.50. The van der Waals surface area contributed by atoms with Crippen molar-refractivity contribution in [3.05, 3.63) is 29.8 Å². The zero-order chi connectivity index (χ0) is 14.7. The van der Waals surface area contributed by atoms with Crippen molar-refractivity contribution in [2.45, 2.75) is 26.9 Å². The molecule has 108 valence electrons. The number of alkyl halides is 3. The van der Waals surface area contributed by atoms with Gasteiger partial charge in [0.2, 0.25) is 0 Å². The third kappa shape index (κ3) is 4.97. The summed E-state index contributed by atoms with van der Waals surface area (Å²) in [4.78, 5) is 0. The van der Waals surface area contributed by atoms with Gasteiger partial charge in [0.1, 0.15) is 5.75 Å². The average molecular weight is 292 g/mol. The van der Waals surface area contributed by atoms with Crippen molar-refractivity contribution in [3.63, 3.8) is 0 Å². The number of thiol groups is 1. The lowest BCUT2D eigenvalue weighted by molar-refractivity contribution is -0.137. The molecule has 0 bridgehead atoms. The molecule has 0 saturated carbocycles. The van der Waals surface area contributed by atoms with Crippen LogP contribution in [0.2, 0.25) is 0 Å². The second-order valence-electron chi connectivity index (χ2n) is 5.58. The molecular formula is C14H19F3OS. The molecule has 19 heavy (non-hydrogen) atoms. The standard InChI is InChI=1S/C14H19F3OS/c1-13(2,3)11(9-19)8-18-12-6-4-5-10(7-12)14(15,16)17/h4-7,11,19H,8-9H2,1-3H3. The van der Waals surface area contributed by atoms with E-state index in [1.165, 1.54) is 12.1 Å². The summed E-state index contributed by atoms with van der Waals surface area (Å²) in [6, 6.07) is 4.95. The van der Waals surface area contributed by atoms with Gasteiger partial charge in [-0.2, -0.15) is 25.8 Å². The van der Waals surface area contributed by atoms with E-state index in [1.54, 1.807) is 0 Å². The van der Waals surface area contributed by atoms with Crippen LogP contribution in [0.15, 0.2) is 24.3 Å². The van der Waals surface area contributed by atoms with Crippen molar-refractivity contribution >= 4 is 12.6 Å². The van der Waals surface area contributed by atoms with Gasteiger partial charge in [-0.15, -0.1) is 0 Å². The summed E-state index contributed by atoms with van der Waals surface area (Å²) in [6.45, 7) is 6.53. The van der Waals surface area contributed by atoms with Crippen LogP contribution in [0.1, 0.15) is 26.3 Å². The molecule has 0 fully saturated rings. The van der Waals surface area contributed by atoms with Crippen LogP contribution >= 0.6 is 12.6 Å². The molecule has 0 saturated heterocycles. The molecule has 1 aromatic rings. The molecule has 5 heteroatoms. The number of hydrogen-bond donors (Lipinski definition) is 1. The van der Waals surface area contributed by atoms with Crippen LogP contribution in [0.5, 0.6) is 5.75 Å². The Kier molecular flexibility index (Phi) is 5.18. The second kappa shape index (κ2) is 6.07. The first-order valence-corrected chi connectivity index (χ1v) is 6.68. The van der Waals surface area contributed by atoms with Crippen LogP contribution in [0.25, 0.3) is 0 Å². The summed E-state index contributed by atoms with van der Waals surface area (Å²) in [7, 11) is 0. The predicted octanol–water partition coefficient (Wildman–Crippen LogP) is 4.68. The summed E-state index contributed by atoms with van der Waals surface area (Å²) >= 11 is 4.26. The van der Waals surface area contributed by atoms with E-state index in [-0.39, 0.29) is 17.1 Å². The van der Waals surface area contributed by atoms with Gasteiger partial charge in [0.05, 0.1) is 12.2 Å². The van der Waals surface area contributed by atoms with E-state index in [0.717, 1.165) is 12.1 Å². The number of halogens is 3. The number of rotatable bonds is 4. The molecule has 0 aliphatic rings. The number of benzene rings is 1. The summed E-state index contributed by atoms with van der Waals surface area (Å²) < 4.78 is 43.1. The lowest BCUT2D eigenvalue weighted by Crippen LogP contribution is -2.28. The lowest BCUT2D eigenvalue weighted by Gasteiger charge is -2.29. The van der Waals surface area contributed by atoms with Crippen molar-refractivity contribution in [1.82, 2.24) is 0 Å². The van der Waals surface area contributed by atoms with Crippen LogP contribution in [0.3, 0.4) is 0 Å². The molecule has 0 amide bonds. The SMILES string of the molecule is CC(C)(C)C(CS)COc1cccc(C(F)(F)F)c1. The first-order chi connectivity index (χ1) is 8.64. The Morgan fingerprint density at radius 2 is 1.84 bits per heavy atom. The Bertz CT molecular complexity index is 410. The highest BCUT2D eigenvalue weighted by Gasteiger charge is 2.31. The van der Waals surface area contributed by atoms with Gasteiger partial charge in [-0.3, -0.25) is 0 Å². The molecular weight excluding hydrogens is 273 g/mol. The third-order valence-electron chi connectivity index (χ3n) is 3.06. The van der Waals surface area contributed by atoms with Gasteiger partial charge in [-0.1, -0.05) is 26.8 Å². The van der Waals surface area contributed by atoms with Gasteiger partial charge in [0.15, 0.2) is 0 Å².